The average Bonchev–Trinajstić information content (AvgIpc) is 2.07. The van der Waals surface area contributed by atoms with Crippen molar-refractivity contribution in [1.82, 2.24) is 4.90 Å². The minimum atomic E-state index is -0.585. The van der Waals surface area contributed by atoms with Crippen molar-refractivity contribution < 1.29 is 5.11 Å². The molecule has 0 saturated heterocycles. The Morgan fingerprint density at radius 1 is 1.64 bits per heavy atom. The third kappa shape index (κ3) is 4.03. The van der Waals surface area contributed by atoms with Crippen molar-refractivity contribution in [3.8, 4) is 0 Å². The molecule has 80 valence electrons. The van der Waals surface area contributed by atoms with Crippen LogP contribution in [0, 0.1) is 5.92 Å². The van der Waals surface area contributed by atoms with E-state index >= 15 is 0 Å². The van der Waals surface area contributed by atoms with Gasteiger partial charge in [-0.25, -0.2) is 0 Å². The van der Waals surface area contributed by atoms with Crippen LogP contribution in [-0.4, -0.2) is 42.6 Å². The van der Waals surface area contributed by atoms with Gasteiger partial charge in [-0.05, 0) is 38.9 Å². The molecule has 3 heteroatoms. The molecule has 1 aliphatic carbocycles. The van der Waals surface area contributed by atoms with Crippen molar-refractivity contribution in [3.63, 3.8) is 0 Å². The first-order chi connectivity index (χ1) is 6.58. The second kappa shape index (κ2) is 5.27. The highest BCUT2D eigenvalue weighted by Gasteiger charge is 2.09. The molecule has 0 heterocycles. The molecule has 0 aliphatic heterocycles. The summed E-state index contributed by atoms with van der Waals surface area (Å²) in [5, 5.41) is 9.57. The maximum absolute atomic E-state index is 9.57. The van der Waals surface area contributed by atoms with Crippen molar-refractivity contribution in [1.29, 1.82) is 0 Å². The number of rotatable bonds is 3. The van der Waals surface area contributed by atoms with E-state index in [0.717, 1.165) is 18.6 Å². The third-order valence-electron chi connectivity index (χ3n) is 2.32. The van der Waals surface area contributed by atoms with Crippen LogP contribution < -0.4 is 0 Å². The van der Waals surface area contributed by atoms with Crippen LogP contribution in [0.15, 0.2) is 17.1 Å². The summed E-state index contributed by atoms with van der Waals surface area (Å²) in [4.78, 5) is 6.19. The minimum Gasteiger partial charge on any atom is -0.371 e. The van der Waals surface area contributed by atoms with Gasteiger partial charge in [0.05, 0.1) is 0 Å². The number of hydrogen-bond acceptors (Lipinski definition) is 3. The highest BCUT2D eigenvalue weighted by atomic mass is 16.3. The molecule has 1 rings (SSSR count). The number of nitrogens with zero attached hydrogens (tertiary/aromatic N) is 2. The van der Waals surface area contributed by atoms with E-state index in [1.807, 2.05) is 25.1 Å². The molecular formula is C11H20N2O. The van der Waals surface area contributed by atoms with Gasteiger partial charge in [0.2, 0.25) is 0 Å². The summed E-state index contributed by atoms with van der Waals surface area (Å²) < 4.78 is 0. The van der Waals surface area contributed by atoms with Crippen molar-refractivity contribution in [2.75, 3.05) is 20.6 Å². The Kier molecular flexibility index (Phi) is 4.29. The first-order valence-corrected chi connectivity index (χ1v) is 5.15. The Labute approximate surface area is 86.1 Å². The van der Waals surface area contributed by atoms with Gasteiger partial charge in [0.1, 0.15) is 0 Å². The van der Waals surface area contributed by atoms with Crippen LogP contribution in [0.1, 0.15) is 19.8 Å². The van der Waals surface area contributed by atoms with Gasteiger partial charge in [-0.15, -0.1) is 0 Å². The molecule has 2 unspecified atom stereocenters. The average molecular weight is 196 g/mol. The monoisotopic (exact) mass is 196 g/mol. The Morgan fingerprint density at radius 2 is 2.36 bits per heavy atom. The van der Waals surface area contributed by atoms with E-state index in [1.54, 1.807) is 0 Å². The van der Waals surface area contributed by atoms with E-state index in [4.69, 9.17) is 0 Å². The predicted molar refractivity (Wildman–Crippen MR) is 59.5 cm³/mol. The summed E-state index contributed by atoms with van der Waals surface area (Å²) in [5.74, 6) is 0.653. The van der Waals surface area contributed by atoms with Crippen LogP contribution in [0.5, 0.6) is 0 Å². The Balaban J connectivity index is 2.47. The number of allylic oxidation sites excluding steroid dienone is 2. The second-order valence-electron chi connectivity index (χ2n) is 4.24. The van der Waals surface area contributed by atoms with Crippen molar-refractivity contribution in [2.45, 2.75) is 26.0 Å². The number of aliphatic hydroxyl groups excluding tert-OH is 1. The van der Waals surface area contributed by atoms with E-state index in [9.17, 15) is 5.11 Å². The highest BCUT2D eigenvalue weighted by molar-refractivity contribution is 5.95. The zero-order valence-electron chi connectivity index (χ0n) is 9.27. The van der Waals surface area contributed by atoms with Crippen LogP contribution in [0.4, 0.5) is 0 Å². The molecule has 2 atom stereocenters. The zero-order valence-corrected chi connectivity index (χ0v) is 9.27. The van der Waals surface area contributed by atoms with Gasteiger partial charge in [-0.1, -0.05) is 13.0 Å². The maximum atomic E-state index is 9.57. The molecule has 3 nitrogen and oxygen atoms in total. The fourth-order valence-electron chi connectivity index (χ4n) is 1.50. The molecule has 1 aliphatic rings. The Hall–Kier alpha value is -0.670. The lowest BCUT2D eigenvalue weighted by atomic mass is 9.96. The summed E-state index contributed by atoms with van der Waals surface area (Å²) in [7, 11) is 3.87. The maximum Gasteiger partial charge on any atom is 0.158 e. The Bertz CT molecular complexity index is 233. The van der Waals surface area contributed by atoms with Crippen LogP contribution in [0.2, 0.25) is 0 Å². The molecule has 0 fully saturated rings. The molecule has 0 aromatic carbocycles. The first-order valence-electron chi connectivity index (χ1n) is 5.15. The van der Waals surface area contributed by atoms with Gasteiger partial charge in [0.15, 0.2) is 6.23 Å². The molecule has 1 N–H and O–H groups in total. The molecular weight excluding hydrogens is 176 g/mol. The molecule has 14 heavy (non-hydrogen) atoms. The van der Waals surface area contributed by atoms with Crippen LogP contribution >= 0.6 is 0 Å². The SMILES string of the molecule is CC1C=CC(=NC(O)CN(C)C)CC1. The van der Waals surface area contributed by atoms with E-state index in [2.05, 4.69) is 18.0 Å². The second-order valence-corrected chi connectivity index (χ2v) is 4.24. The largest absolute Gasteiger partial charge is 0.371 e. The minimum absolute atomic E-state index is 0.585. The van der Waals surface area contributed by atoms with Gasteiger partial charge in [0.25, 0.3) is 0 Å². The molecule has 0 radical (unpaired) electrons. The number of likely N-dealkylation sites (N-methyl/N-ethyl adjacent to an activating group) is 1. The number of hydrogen-bond donors (Lipinski definition) is 1. The van der Waals surface area contributed by atoms with Crippen LogP contribution in [-0.2, 0) is 0 Å². The lowest BCUT2D eigenvalue weighted by Crippen LogP contribution is -2.25. The van der Waals surface area contributed by atoms with Crippen LogP contribution in [0.3, 0.4) is 0 Å². The Morgan fingerprint density at radius 3 is 2.86 bits per heavy atom. The van der Waals surface area contributed by atoms with Gasteiger partial charge in [-0.2, -0.15) is 0 Å². The topological polar surface area (TPSA) is 35.8 Å². The van der Waals surface area contributed by atoms with E-state index in [0.29, 0.717) is 12.5 Å². The fraction of sp³-hybridized carbons (Fsp3) is 0.727. The summed E-state index contributed by atoms with van der Waals surface area (Å²) in [6.07, 6.45) is 5.74. The van der Waals surface area contributed by atoms with Gasteiger partial charge in [0, 0.05) is 12.3 Å². The van der Waals surface area contributed by atoms with E-state index in [1.165, 1.54) is 0 Å². The zero-order chi connectivity index (χ0) is 10.6. The standard InChI is InChI=1S/C11H20N2O/c1-9-4-6-10(7-5-9)12-11(14)8-13(2)3/h4,6,9,11,14H,5,7-8H2,1-3H3. The molecule has 0 amide bonds. The third-order valence-corrected chi connectivity index (χ3v) is 2.32. The van der Waals surface area contributed by atoms with Gasteiger partial charge >= 0.3 is 0 Å². The molecule has 0 saturated carbocycles. The van der Waals surface area contributed by atoms with E-state index < -0.39 is 6.23 Å². The lowest BCUT2D eigenvalue weighted by molar-refractivity contribution is 0.145. The quantitative estimate of drug-likeness (QED) is 0.738. The lowest BCUT2D eigenvalue weighted by Gasteiger charge is -2.16. The molecule has 0 aromatic heterocycles. The summed E-state index contributed by atoms with van der Waals surface area (Å²) in [5.41, 5.74) is 1.03. The molecule has 0 bridgehead atoms. The molecule has 0 spiro atoms. The summed E-state index contributed by atoms with van der Waals surface area (Å²) in [6, 6.07) is 0. The van der Waals surface area contributed by atoms with Crippen LogP contribution in [0.25, 0.3) is 0 Å². The predicted octanol–water partition coefficient (Wildman–Crippen LogP) is 1.29. The number of aliphatic imine (C=N–C) groups is 1. The van der Waals surface area contributed by atoms with Gasteiger partial charge in [-0.3, -0.25) is 4.99 Å². The first kappa shape index (κ1) is 11.4. The van der Waals surface area contributed by atoms with Crippen molar-refractivity contribution in [3.05, 3.63) is 12.2 Å². The van der Waals surface area contributed by atoms with Crippen molar-refractivity contribution >= 4 is 5.71 Å². The summed E-state index contributed by atoms with van der Waals surface area (Å²) in [6.45, 7) is 2.79. The fourth-order valence-corrected chi connectivity index (χ4v) is 1.50. The summed E-state index contributed by atoms with van der Waals surface area (Å²) >= 11 is 0. The highest BCUT2D eigenvalue weighted by Crippen LogP contribution is 2.14. The van der Waals surface area contributed by atoms with Crippen molar-refractivity contribution in [2.24, 2.45) is 10.9 Å². The smallest absolute Gasteiger partial charge is 0.158 e. The van der Waals surface area contributed by atoms with E-state index in [-0.39, 0.29) is 0 Å². The molecule has 0 aromatic rings. The number of aliphatic hydroxyl groups is 1. The normalized spacial score (nSPS) is 27.2. The van der Waals surface area contributed by atoms with Gasteiger partial charge < -0.3 is 10.0 Å².